The van der Waals surface area contributed by atoms with E-state index in [1.807, 2.05) is 19.9 Å². The van der Waals surface area contributed by atoms with Crippen LogP contribution in [-0.2, 0) is 15.7 Å². The van der Waals surface area contributed by atoms with E-state index in [0.29, 0.717) is 0 Å². The lowest BCUT2D eigenvalue weighted by Gasteiger charge is -2.32. The summed E-state index contributed by atoms with van der Waals surface area (Å²) in [5, 5.41) is 0. The van der Waals surface area contributed by atoms with Crippen LogP contribution in [-0.4, -0.2) is 29.3 Å². The summed E-state index contributed by atoms with van der Waals surface area (Å²) in [6.07, 6.45) is 2.58. The summed E-state index contributed by atoms with van der Waals surface area (Å²) >= 11 is 0. The Labute approximate surface area is 122 Å². The van der Waals surface area contributed by atoms with E-state index in [0.717, 1.165) is 23.1 Å². The second kappa shape index (κ2) is 5.13. The van der Waals surface area contributed by atoms with Gasteiger partial charge in [0.05, 0.1) is 11.2 Å². The summed E-state index contributed by atoms with van der Waals surface area (Å²) in [6.45, 7) is 12.3. The van der Waals surface area contributed by atoms with Gasteiger partial charge in [0.25, 0.3) is 0 Å². The Morgan fingerprint density at radius 1 is 1.25 bits per heavy atom. The van der Waals surface area contributed by atoms with E-state index in [1.54, 1.807) is 6.20 Å². The van der Waals surface area contributed by atoms with Gasteiger partial charge >= 0.3 is 7.12 Å². The van der Waals surface area contributed by atoms with Gasteiger partial charge in [-0.2, -0.15) is 0 Å². The molecule has 1 aromatic rings. The fraction of sp³-hybridized carbons (Fsp3) is 0.667. The third kappa shape index (κ3) is 2.75. The number of aryl methyl sites for hydroxylation is 1. The van der Waals surface area contributed by atoms with E-state index >= 15 is 0 Å². The van der Waals surface area contributed by atoms with Crippen LogP contribution in [0.4, 0.5) is 0 Å². The first kappa shape index (κ1) is 15.5. The monoisotopic (exact) mass is 276 g/mol. The minimum absolute atomic E-state index is 0.0825. The summed E-state index contributed by atoms with van der Waals surface area (Å²) < 4.78 is 12.3. The van der Waals surface area contributed by atoms with Crippen LogP contribution in [0.5, 0.6) is 0 Å². The molecule has 0 amide bonds. The van der Waals surface area contributed by atoms with Gasteiger partial charge in [-0.3, -0.25) is 4.98 Å². The average molecular weight is 276 g/mol. The zero-order valence-electron chi connectivity index (χ0n) is 13.4. The SMILES string of the molecule is Cc1nccc(B2OC(C)(C)C(C)(C)O2)c1CC(C)N. The van der Waals surface area contributed by atoms with Crippen molar-refractivity contribution in [3.05, 3.63) is 23.5 Å². The van der Waals surface area contributed by atoms with Gasteiger partial charge in [-0.05, 0) is 65.1 Å². The Bertz CT molecular complexity index is 485. The molecule has 2 rings (SSSR count). The Hall–Kier alpha value is -0.905. The van der Waals surface area contributed by atoms with Crippen molar-refractivity contribution in [2.45, 2.75) is 65.2 Å². The highest BCUT2D eigenvalue weighted by Crippen LogP contribution is 2.36. The summed E-state index contributed by atoms with van der Waals surface area (Å²) in [5.41, 5.74) is 8.48. The van der Waals surface area contributed by atoms with Crippen molar-refractivity contribution in [3.8, 4) is 0 Å². The maximum atomic E-state index is 6.14. The quantitative estimate of drug-likeness (QED) is 0.852. The van der Waals surface area contributed by atoms with Gasteiger partial charge in [0.15, 0.2) is 0 Å². The lowest BCUT2D eigenvalue weighted by molar-refractivity contribution is 0.00578. The molecule has 0 bridgehead atoms. The van der Waals surface area contributed by atoms with Crippen LogP contribution in [0.2, 0.25) is 0 Å². The third-order valence-electron chi connectivity index (χ3n) is 4.34. The predicted octanol–water partition coefficient (Wildman–Crippen LogP) is 1.58. The Morgan fingerprint density at radius 2 is 1.80 bits per heavy atom. The van der Waals surface area contributed by atoms with Crippen LogP contribution < -0.4 is 11.2 Å². The maximum absolute atomic E-state index is 6.14. The summed E-state index contributed by atoms with van der Waals surface area (Å²) in [7, 11) is -0.351. The first-order chi connectivity index (χ1) is 9.14. The smallest absolute Gasteiger partial charge is 0.399 e. The van der Waals surface area contributed by atoms with Crippen LogP contribution >= 0.6 is 0 Å². The van der Waals surface area contributed by atoms with Gasteiger partial charge in [-0.15, -0.1) is 0 Å². The average Bonchev–Trinajstić information content (AvgIpc) is 2.50. The number of hydrogen-bond donors (Lipinski definition) is 1. The molecule has 1 saturated heterocycles. The van der Waals surface area contributed by atoms with Crippen molar-refractivity contribution < 1.29 is 9.31 Å². The van der Waals surface area contributed by atoms with E-state index in [-0.39, 0.29) is 24.4 Å². The number of aromatic nitrogens is 1. The molecule has 1 atom stereocenters. The summed E-state index contributed by atoms with van der Waals surface area (Å²) in [5.74, 6) is 0. The maximum Gasteiger partial charge on any atom is 0.495 e. The van der Waals surface area contributed by atoms with Crippen molar-refractivity contribution in [2.24, 2.45) is 5.73 Å². The molecule has 1 fully saturated rings. The molecule has 0 spiro atoms. The Kier molecular flexibility index (Phi) is 3.97. The first-order valence-corrected chi connectivity index (χ1v) is 7.19. The van der Waals surface area contributed by atoms with Crippen molar-refractivity contribution in [1.82, 2.24) is 4.98 Å². The van der Waals surface area contributed by atoms with Crippen LogP contribution in [0.15, 0.2) is 12.3 Å². The highest BCUT2D eigenvalue weighted by Gasteiger charge is 2.52. The van der Waals surface area contributed by atoms with Gasteiger partial charge < -0.3 is 15.0 Å². The molecule has 0 aliphatic carbocycles. The number of rotatable bonds is 3. The molecule has 4 nitrogen and oxygen atoms in total. The number of nitrogens with two attached hydrogens (primary N) is 1. The molecule has 5 heteroatoms. The van der Waals surface area contributed by atoms with Crippen LogP contribution in [0, 0.1) is 6.92 Å². The Balaban J connectivity index is 2.37. The minimum Gasteiger partial charge on any atom is -0.399 e. The van der Waals surface area contributed by atoms with Crippen LogP contribution in [0.3, 0.4) is 0 Å². The topological polar surface area (TPSA) is 57.4 Å². The van der Waals surface area contributed by atoms with Crippen molar-refractivity contribution in [3.63, 3.8) is 0 Å². The van der Waals surface area contributed by atoms with Gasteiger partial charge in [0, 0.05) is 17.9 Å². The fourth-order valence-corrected chi connectivity index (χ4v) is 2.40. The zero-order chi connectivity index (χ0) is 15.1. The van der Waals surface area contributed by atoms with Crippen LogP contribution in [0.1, 0.15) is 45.9 Å². The number of pyridine rings is 1. The molecule has 1 aliphatic heterocycles. The first-order valence-electron chi connectivity index (χ1n) is 7.19. The second-order valence-corrected chi connectivity index (χ2v) is 6.73. The van der Waals surface area contributed by atoms with Crippen molar-refractivity contribution >= 4 is 12.6 Å². The summed E-state index contributed by atoms with van der Waals surface area (Å²) in [4.78, 5) is 4.37. The second-order valence-electron chi connectivity index (χ2n) is 6.73. The van der Waals surface area contributed by atoms with E-state index in [9.17, 15) is 0 Å². The Morgan fingerprint density at radius 3 is 2.30 bits per heavy atom. The fourth-order valence-electron chi connectivity index (χ4n) is 2.40. The number of nitrogens with zero attached hydrogens (tertiary/aromatic N) is 1. The predicted molar refractivity (Wildman–Crippen MR) is 82.0 cm³/mol. The zero-order valence-corrected chi connectivity index (χ0v) is 13.4. The van der Waals surface area contributed by atoms with E-state index < -0.39 is 0 Å². The molecule has 110 valence electrons. The molecule has 20 heavy (non-hydrogen) atoms. The van der Waals surface area contributed by atoms with Crippen LogP contribution in [0.25, 0.3) is 0 Å². The molecular weight excluding hydrogens is 251 g/mol. The van der Waals surface area contributed by atoms with Gasteiger partial charge in [-0.1, -0.05) is 0 Å². The lowest BCUT2D eigenvalue weighted by Crippen LogP contribution is -2.41. The molecule has 1 aliphatic rings. The van der Waals surface area contributed by atoms with Crippen molar-refractivity contribution in [1.29, 1.82) is 0 Å². The standard InChI is InChI=1S/C15H25BN2O2/c1-10(17)9-12-11(2)18-8-7-13(12)16-19-14(3,4)15(5,6)20-16/h7-8,10H,9,17H2,1-6H3. The largest absolute Gasteiger partial charge is 0.495 e. The van der Waals surface area contributed by atoms with Gasteiger partial charge in [-0.25, -0.2) is 0 Å². The van der Waals surface area contributed by atoms with Gasteiger partial charge in [0.1, 0.15) is 0 Å². The molecule has 2 heterocycles. The molecule has 0 radical (unpaired) electrons. The minimum atomic E-state index is -0.351. The molecule has 1 unspecified atom stereocenters. The molecule has 0 aromatic carbocycles. The molecule has 2 N–H and O–H groups in total. The third-order valence-corrected chi connectivity index (χ3v) is 4.34. The van der Waals surface area contributed by atoms with Crippen molar-refractivity contribution in [2.75, 3.05) is 0 Å². The van der Waals surface area contributed by atoms with E-state index in [1.165, 1.54) is 0 Å². The highest BCUT2D eigenvalue weighted by molar-refractivity contribution is 6.62. The van der Waals surface area contributed by atoms with E-state index in [4.69, 9.17) is 15.0 Å². The molecular formula is C15H25BN2O2. The molecule has 0 saturated carbocycles. The normalized spacial score (nSPS) is 22.1. The highest BCUT2D eigenvalue weighted by atomic mass is 16.7. The number of hydrogen-bond acceptors (Lipinski definition) is 4. The lowest BCUT2D eigenvalue weighted by atomic mass is 9.74. The van der Waals surface area contributed by atoms with Gasteiger partial charge in [0.2, 0.25) is 0 Å². The summed E-state index contributed by atoms with van der Waals surface area (Å²) in [6, 6.07) is 2.06. The molecule has 1 aromatic heterocycles. The van der Waals surface area contributed by atoms with E-state index in [2.05, 4.69) is 32.7 Å².